The Morgan fingerprint density at radius 3 is 2.26 bits per heavy atom. The molecule has 0 aliphatic carbocycles. The third kappa shape index (κ3) is 5.30. The summed E-state index contributed by atoms with van der Waals surface area (Å²) in [6.07, 6.45) is 1.12. The van der Waals surface area contributed by atoms with Gasteiger partial charge in [-0.1, -0.05) is 11.6 Å². The van der Waals surface area contributed by atoms with Crippen molar-refractivity contribution in [1.29, 1.82) is 0 Å². The molecular formula is C11H19ClN4O2S. The van der Waals surface area contributed by atoms with Crippen LogP contribution in [-0.4, -0.2) is 36.7 Å². The van der Waals surface area contributed by atoms with Crippen LogP contribution in [0.25, 0.3) is 0 Å². The molecule has 19 heavy (non-hydrogen) atoms. The van der Waals surface area contributed by atoms with Crippen molar-refractivity contribution in [3.8, 4) is 0 Å². The Labute approximate surface area is 119 Å². The molecule has 0 fully saturated rings. The van der Waals surface area contributed by atoms with Gasteiger partial charge in [-0.15, -0.1) is 0 Å². The molecule has 6 nitrogen and oxygen atoms in total. The Balaban J connectivity index is 2.79. The number of halogens is 1. The lowest BCUT2D eigenvalue weighted by atomic mass is 10.1. The summed E-state index contributed by atoms with van der Waals surface area (Å²) in [4.78, 5) is 8.44. The minimum atomic E-state index is -3.27. The Hall–Kier alpha value is -0.920. The van der Waals surface area contributed by atoms with Crippen molar-refractivity contribution >= 4 is 27.4 Å². The van der Waals surface area contributed by atoms with Gasteiger partial charge in [-0.3, -0.25) is 0 Å². The third-order valence-electron chi connectivity index (χ3n) is 2.42. The molecule has 0 aliphatic heterocycles. The molecule has 0 aliphatic rings. The zero-order valence-corrected chi connectivity index (χ0v) is 13.3. The molecule has 1 rings (SSSR count). The Morgan fingerprint density at radius 1 is 1.21 bits per heavy atom. The molecule has 1 heterocycles. The number of nitrogens with one attached hydrogen (secondary N) is 2. The smallest absolute Gasteiger partial charge is 0.209 e. The molecule has 0 saturated heterocycles. The second kappa shape index (κ2) is 5.60. The van der Waals surface area contributed by atoms with Gasteiger partial charge < -0.3 is 5.32 Å². The lowest BCUT2D eigenvalue weighted by molar-refractivity contribution is 0.476. The molecule has 0 saturated carbocycles. The predicted molar refractivity (Wildman–Crippen MR) is 77.1 cm³/mol. The van der Waals surface area contributed by atoms with E-state index in [-0.39, 0.29) is 5.15 Å². The van der Waals surface area contributed by atoms with Gasteiger partial charge >= 0.3 is 0 Å². The van der Waals surface area contributed by atoms with Crippen LogP contribution in [-0.2, 0) is 10.0 Å². The van der Waals surface area contributed by atoms with Crippen LogP contribution in [0.2, 0.25) is 5.15 Å². The van der Waals surface area contributed by atoms with Crippen molar-refractivity contribution in [2.75, 3.05) is 18.1 Å². The van der Waals surface area contributed by atoms with Crippen molar-refractivity contribution in [1.82, 2.24) is 14.7 Å². The number of aryl methyl sites for hydroxylation is 2. The van der Waals surface area contributed by atoms with Gasteiger partial charge in [-0.2, -0.15) is 0 Å². The molecule has 0 unspecified atom stereocenters. The average molecular weight is 307 g/mol. The molecule has 2 N–H and O–H groups in total. The van der Waals surface area contributed by atoms with Gasteiger partial charge in [0.25, 0.3) is 0 Å². The van der Waals surface area contributed by atoms with Crippen LogP contribution >= 0.6 is 11.6 Å². The second-order valence-corrected chi connectivity index (χ2v) is 7.25. The van der Waals surface area contributed by atoms with E-state index >= 15 is 0 Å². The molecule has 108 valence electrons. The van der Waals surface area contributed by atoms with E-state index in [0.29, 0.717) is 12.4 Å². The monoisotopic (exact) mass is 306 g/mol. The van der Waals surface area contributed by atoms with Crippen molar-refractivity contribution in [3.63, 3.8) is 0 Å². The maximum Gasteiger partial charge on any atom is 0.209 e. The van der Waals surface area contributed by atoms with Gasteiger partial charge in [0.1, 0.15) is 0 Å². The molecule has 0 aromatic carbocycles. The summed E-state index contributed by atoms with van der Waals surface area (Å²) < 4.78 is 25.0. The summed E-state index contributed by atoms with van der Waals surface area (Å²) in [5.41, 5.74) is 0.891. The van der Waals surface area contributed by atoms with Gasteiger partial charge in [0, 0.05) is 12.1 Å². The largest absolute Gasteiger partial charge is 0.366 e. The van der Waals surface area contributed by atoms with Gasteiger partial charge in [0.2, 0.25) is 10.0 Å². The summed E-state index contributed by atoms with van der Waals surface area (Å²) in [5, 5.41) is 3.29. The molecule has 1 aromatic heterocycles. The van der Waals surface area contributed by atoms with Gasteiger partial charge in [0.05, 0.1) is 17.6 Å². The topological polar surface area (TPSA) is 84.0 Å². The van der Waals surface area contributed by atoms with E-state index in [9.17, 15) is 8.42 Å². The maximum absolute atomic E-state index is 11.2. The molecule has 0 radical (unpaired) electrons. The van der Waals surface area contributed by atoms with E-state index in [1.165, 1.54) is 0 Å². The van der Waals surface area contributed by atoms with Crippen LogP contribution in [0.5, 0.6) is 0 Å². The summed E-state index contributed by atoms with van der Waals surface area (Å²) in [5.74, 6) is 0.452. The number of hydrogen-bond acceptors (Lipinski definition) is 5. The average Bonchev–Trinajstić information content (AvgIpc) is 2.18. The van der Waals surface area contributed by atoms with E-state index in [1.807, 2.05) is 13.8 Å². The maximum atomic E-state index is 11.2. The first-order valence-corrected chi connectivity index (χ1v) is 8.01. The molecule has 0 spiro atoms. The fourth-order valence-corrected chi connectivity index (χ4v) is 2.84. The van der Waals surface area contributed by atoms with Crippen LogP contribution in [0.15, 0.2) is 0 Å². The van der Waals surface area contributed by atoms with E-state index in [0.717, 1.165) is 17.6 Å². The van der Waals surface area contributed by atoms with Crippen molar-refractivity contribution < 1.29 is 8.42 Å². The quantitative estimate of drug-likeness (QED) is 0.861. The van der Waals surface area contributed by atoms with E-state index in [2.05, 4.69) is 20.0 Å². The minimum Gasteiger partial charge on any atom is -0.366 e. The van der Waals surface area contributed by atoms with E-state index in [4.69, 9.17) is 11.6 Å². The van der Waals surface area contributed by atoms with Crippen molar-refractivity contribution in [2.24, 2.45) is 0 Å². The SMILES string of the molecule is Cc1nc(Cl)c(NCC(C)(C)NS(C)(=O)=O)nc1C. The van der Waals surface area contributed by atoms with E-state index < -0.39 is 15.6 Å². The van der Waals surface area contributed by atoms with Crippen LogP contribution in [0, 0.1) is 13.8 Å². The normalized spacial score (nSPS) is 12.5. The third-order valence-corrected chi connectivity index (χ3v) is 3.61. The summed E-state index contributed by atoms with van der Waals surface area (Å²) in [6.45, 7) is 7.54. The van der Waals surface area contributed by atoms with Gasteiger partial charge in [-0.05, 0) is 27.7 Å². The number of anilines is 1. The van der Waals surface area contributed by atoms with Crippen LogP contribution in [0.3, 0.4) is 0 Å². The van der Waals surface area contributed by atoms with Crippen LogP contribution in [0.1, 0.15) is 25.2 Å². The zero-order valence-electron chi connectivity index (χ0n) is 11.7. The molecular weight excluding hydrogens is 288 g/mol. The van der Waals surface area contributed by atoms with Crippen LogP contribution < -0.4 is 10.0 Å². The molecule has 0 atom stereocenters. The summed E-state index contributed by atoms with van der Waals surface area (Å²) in [7, 11) is -3.27. The number of aromatic nitrogens is 2. The Bertz CT molecular complexity index is 572. The lowest BCUT2D eigenvalue weighted by Gasteiger charge is -2.25. The van der Waals surface area contributed by atoms with Crippen molar-refractivity contribution in [3.05, 3.63) is 16.5 Å². The van der Waals surface area contributed by atoms with Gasteiger partial charge in [-0.25, -0.2) is 23.1 Å². The lowest BCUT2D eigenvalue weighted by Crippen LogP contribution is -2.47. The minimum absolute atomic E-state index is 0.276. The highest BCUT2D eigenvalue weighted by Crippen LogP contribution is 2.19. The molecule has 0 amide bonds. The molecule has 1 aromatic rings. The highest BCUT2D eigenvalue weighted by atomic mass is 35.5. The molecule has 0 bridgehead atoms. The highest BCUT2D eigenvalue weighted by Gasteiger charge is 2.22. The fraction of sp³-hybridized carbons (Fsp3) is 0.636. The van der Waals surface area contributed by atoms with Crippen LogP contribution in [0.4, 0.5) is 5.82 Å². The number of hydrogen-bond donors (Lipinski definition) is 2. The van der Waals surface area contributed by atoms with Gasteiger partial charge in [0.15, 0.2) is 11.0 Å². The Kier molecular flexibility index (Phi) is 4.76. The fourth-order valence-electron chi connectivity index (χ4n) is 1.53. The standard InChI is InChI=1S/C11H19ClN4O2S/c1-7-8(2)15-10(9(12)14-7)13-6-11(3,4)16-19(5,17)18/h16H,6H2,1-5H3,(H,13,15). The number of rotatable bonds is 5. The Morgan fingerprint density at radius 2 is 1.74 bits per heavy atom. The number of nitrogens with zero attached hydrogens (tertiary/aromatic N) is 2. The first-order chi connectivity index (χ1) is 8.50. The summed E-state index contributed by atoms with van der Waals surface area (Å²) in [6, 6.07) is 0. The summed E-state index contributed by atoms with van der Waals surface area (Å²) >= 11 is 5.99. The highest BCUT2D eigenvalue weighted by molar-refractivity contribution is 7.88. The number of sulfonamides is 1. The second-order valence-electron chi connectivity index (χ2n) is 5.15. The van der Waals surface area contributed by atoms with E-state index in [1.54, 1.807) is 13.8 Å². The first kappa shape index (κ1) is 16.1. The zero-order chi connectivity index (χ0) is 14.8. The predicted octanol–water partition coefficient (Wildman–Crippen LogP) is 1.49. The van der Waals surface area contributed by atoms with Crippen molar-refractivity contribution in [2.45, 2.75) is 33.2 Å². The molecule has 8 heteroatoms. The first-order valence-electron chi connectivity index (χ1n) is 5.74.